The Bertz CT molecular complexity index is 1400. The average Bonchev–Trinajstić information content (AvgIpc) is 3.27. The first-order valence-electron chi connectivity index (χ1n) is 11.7. The van der Waals surface area contributed by atoms with Gasteiger partial charge < -0.3 is 19.9 Å². The highest BCUT2D eigenvalue weighted by atomic mass is 16.5. The summed E-state index contributed by atoms with van der Waals surface area (Å²) in [6, 6.07) is 15.9. The zero-order valence-corrected chi connectivity index (χ0v) is 20.4. The summed E-state index contributed by atoms with van der Waals surface area (Å²) in [5.41, 5.74) is 2.32. The van der Waals surface area contributed by atoms with E-state index in [2.05, 4.69) is 15.4 Å². The van der Waals surface area contributed by atoms with Gasteiger partial charge in [-0.1, -0.05) is 31.2 Å². The van der Waals surface area contributed by atoms with Crippen LogP contribution in [0, 0.1) is 6.92 Å². The number of hydrogen-bond donors (Lipinski definition) is 2. The molecule has 0 spiro atoms. The zero-order valence-electron chi connectivity index (χ0n) is 20.4. The van der Waals surface area contributed by atoms with Gasteiger partial charge in [0.05, 0.1) is 49.2 Å². The molecule has 186 valence electrons. The van der Waals surface area contributed by atoms with E-state index in [1.807, 2.05) is 43.3 Å². The van der Waals surface area contributed by atoms with E-state index in [9.17, 15) is 14.7 Å². The number of aliphatic carboxylic acids is 1. The molecule has 0 fully saturated rings. The summed E-state index contributed by atoms with van der Waals surface area (Å²) in [4.78, 5) is 29.5. The predicted octanol–water partition coefficient (Wildman–Crippen LogP) is 4.47. The van der Waals surface area contributed by atoms with E-state index < -0.39 is 17.9 Å². The van der Waals surface area contributed by atoms with Crippen LogP contribution in [0.4, 0.5) is 0 Å². The number of fused-ring (bicyclic) bond motifs is 1. The van der Waals surface area contributed by atoms with E-state index in [1.54, 1.807) is 29.8 Å². The molecule has 0 bridgehead atoms. The number of carbonyl (C=O) groups is 2. The molecule has 9 heteroatoms. The number of rotatable bonds is 10. The third kappa shape index (κ3) is 5.30. The number of carbonyl (C=O) groups excluding carboxylic acids is 1. The summed E-state index contributed by atoms with van der Waals surface area (Å²) in [5, 5.41) is 17.7. The molecule has 0 saturated heterocycles. The van der Waals surface area contributed by atoms with Gasteiger partial charge in [0, 0.05) is 5.39 Å². The van der Waals surface area contributed by atoms with Gasteiger partial charge in [0.25, 0.3) is 5.91 Å². The number of amides is 1. The number of nitrogens with zero attached hydrogens (tertiary/aromatic N) is 3. The number of hydrogen-bond acceptors (Lipinski definition) is 6. The van der Waals surface area contributed by atoms with Crippen molar-refractivity contribution in [1.82, 2.24) is 20.1 Å². The lowest BCUT2D eigenvalue weighted by Gasteiger charge is -2.19. The van der Waals surface area contributed by atoms with Crippen LogP contribution >= 0.6 is 0 Å². The Labute approximate surface area is 208 Å². The fourth-order valence-corrected chi connectivity index (χ4v) is 3.93. The summed E-state index contributed by atoms with van der Waals surface area (Å²) in [6.45, 7) is 4.30. The van der Waals surface area contributed by atoms with E-state index >= 15 is 0 Å². The lowest BCUT2D eigenvalue weighted by Crippen LogP contribution is -2.30. The summed E-state index contributed by atoms with van der Waals surface area (Å²) in [6.07, 6.45) is 2.00. The monoisotopic (exact) mass is 488 g/mol. The topological polar surface area (TPSA) is 116 Å². The van der Waals surface area contributed by atoms with Crippen molar-refractivity contribution in [3.8, 4) is 17.3 Å². The molecule has 0 aliphatic rings. The summed E-state index contributed by atoms with van der Waals surface area (Å²) in [5.74, 6) is 0.134. The molecule has 36 heavy (non-hydrogen) atoms. The number of nitrogens with one attached hydrogen (secondary N) is 1. The number of ether oxygens (including phenoxy) is 2. The number of carboxylic acid groups (broad SMARTS) is 1. The molecule has 2 aromatic heterocycles. The van der Waals surface area contributed by atoms with E-state index in [-0.39, 0.29) is 6.42 Å². The average molecular weight is 489 g/mol. The summed E-state index contributed by atoms with van der Waals surface area (Å²) >= 11 is 0. The van der Waals surface area contributed by atoms with Gasteiger partial charge in [-0.3, -0.25) is 9.59 Å². The minimum atomic E-state index is -1.04. The number of methoxy groups -OCH3 is 1. The van der Waals surface area contributed by atoms with Crippen LogP contribution in [0.3, 0.4) is 0 Å². The van der Waals surface area contributed by atoms with Gasteiger partial charge in [-0.2, -0.15) is 5.10 Å². The van der Waals surface area contributed by atoms with Crippen LogP contribution in [0.25, 0.3) is 16.7 Å². The van der Waals surface area contributed by atoms with E-state index in [1.165, 1.54) is 13.3 Å². The Hall–Kier alpha value is -4.40. The van der Waals surface area contributed by atoms with E-state index in [4.69, 9.17) is 9.47 Å². The third-order valence-corrected chi connectivity index (χ3v) is 5.79. The predicted molar refractivity (Wildman–Crippen MR) is 135 cm³/mol. The molecule has 1 amide bonds. The lowest BCUT2D eigenvalue weighted by atomic mass is 10.0. The number of aromatic nitrogens is 3. The number of para-hydroxylation sites is 1. The fraction of sp³-hybridized carbons (Fsp3) is 0.259. The van der Waals surface area contributed by atoms with Crippen molar-refractivity contribution in [3.05, 3.63) is 77.6 Å². The number of carboxylic acids is 1. The molecule has 0 aliphatic heterocycles. The second-order valence-corrected chi connectivity index (χ2v) is 8.30. The van der Waals surface area contributed by atoms with Gasteiger partial charge in [0.2, 0.25) is 0 Å². The molecule has 0 saturated carbocycles. The van der Waals surface area contributed by atoms with Gasteiger partial charge in [-0.25, -0.2) is 9.67 Å². The molecule has 1 unspecified atom stereocenters. The van der Waals surface area contributed by atoms with Crippen molar-refractivity contribution < 1.29 is 24.2 Å². The molecule has 2 N–H and O–H groups in total. The van der Waals surface area contributed by atoms with Gasteiger partial charge in [-0.05, 0) is 49.2 Å². The minimum absolute atomic E-state index is 0.302. The maximum absolute atomic E-state index is 13.2. The van der Waals surface area contributed by atoms with Crippen molar-refractivity contribution in [2.75, 3.05) is 13.7 Å². The standard InChI is InChI=1S/C27H28N4O5/c1-4-13-36-23-11-9-19(14-24(23)35-3)22(15-26(32)33)30-27(34)20-16-28-31(17(20)2)25-12-10-18-7-5-6-8-21(18)29-25/h5-12,14,16,22H,4,13,15H2,1-3H3,(H,30,34)(H,32,33). The van der Waals surface area contributed by atoms with E-state index in [0.717, 1.165) is 17.3 Å². The molecule has 2 aromatic carbocycles. The molecule has 4 aromatic rings. The molecule has 9 nitrogen and oxygen atoms in total. The van der Waals surface area contributed by atoms with Crippen LogP contribution < -0.4 is 14.8 Å². The van der Waals surface area contributed by atoms with Gasteiger partial charge in [-0.15, -0.1) is 0 Å². The largest absolute Gasteiger partial charge is 0.493 e. The number of pyridine rings is 1. The zero-order chi connectivity index (χ0) is 25.7. The Kier molecular flexibility index (Phi) is 7.48. The first kappa shape index (κ1) is 24.7. The van der Waals surface area contributed by atoms with Crippen LogP contribution in [0.15, 0.2) is 60.8 Å². The molecular weight excluding hydrogens is 460 g/mol. The van der Waals surface area contributed by atoms with Crippen molar-refractivity contribution in [1.29, 1.82) is 0 Å². The second-order valence-electron chi connectivity index (χ2n) is 8.30. The molecule has 0 aliphatic carbocycles. The van der Waals surface area contributed by atoms with Gasteiger partial charge >= 0.3 is 5.97 Å². The smallest absolute Gasteiger partial charge is 0.305 e. The van der Waals surface area contributed by atoms with Crippen LogP contribution in [-0.4, -0.2) is 45.5 Å². The van der Waals surface area contributed by atoms with Gasteiger partial charge in [0.1, 0.15) is 0 Å². The van der Waals surface area contributed by atoms with E-state index in [0.29, 0.717) is 40.7 Å². The van der Waals surface area contributed by atoms with Crippen molar-refractivity contribution in [3.63, 3.8) is 0 Å². The molecule has 4 rings (SSSR count). The third-order valence-electron chi connectivity index (χ3n) is 5.79. The minimum Gasteiger partial charge on any atom is -0.493 e. The van der Waals surface area contributed by atoms with Crippen molar-refractivity contribution in [2.45, 2.75) is 32.7 Å². The maximum atomic E-state index is 13.2. The van der Waals surface area contributed by atoms with Gasteiger partial charge in [0.15, 0.2) is 17.3 Å². The first-order chi connectivity index (χ1) is 17.4. The summed E-state index contributed by atoms with van der Waals surface area (Å²) in [7, 11) is 1.52. The maximum Gasteiger partial charge on any atom is 0.305 e. The van der Waals surface area contributed by atoms with Crippen LogP contribution in [0.2, 0.25) is 0 Å². The Balaban J connectivity index is 1.60. The molecule has 1 atom stereocenters. The van der Waals surface area contributed by atoms with Crippen molar-refractivity contribution >= 4 is 22.8 Å². The SMILES string of the molecule is CCCOc1ccc(C(CC(=O)O)NC(=O)c2cnn(-c3ccc4ccccc4n3)c2C)cc1OC. The fourth-order valence-electron chi connectivity index (χ4n) is 3.93. The lowest BCUT2D eigenvalue weighted by molar-refractivity contribution is -0.137. The quantitative estimate of drug-likeness (QED) is 0.338. The van der Waals surface area contributed by atoms with Crippen LogP contribution in [-0.2, 0) is 4.79 Å². The van der Waals surface area contributed by atoms with Crippen molar-refractivity contribution in [2.24, 2.45) is 0 Å². The highest BCUT2D eigenvalue weighted by molar-refractivity contribution is 5.95. The Morgan fingerprint density at radius 3 is 2.67 bits per heavy atom. The highest BCUT2D eigenvalue weighted by Crippen LogP contribution is 2.32. The van der Waals surface area contributed by atoms with Crippen LogP contribution in [0.5, 0.6) is 11.5 Å². The van der Waals surface area contributed by atoms with Crippen LogP contribution in [0.1, 0.15) is 47.4 Å². The Morgan fingerprint density at radius 1 is 1.11 bits per heavy atom. The number of benzene rings is 2. The molecule has 2 heterocycles. The molecule has 0 radical (unpaired) electrons. The highest BCUT2D eigenvalue weighted by Gasteiger charge is 2.23. The molecular formula is C27H28N4O5. The Morgan fingerprint density at radius 2 is 1.92 bits per heavy atom. The summed E-state index contributed by atoms with van der Waals surface area (Å²) < 4.78 is 12.7. The normalized spacial score (nSPS) is 11.8. The first-order valence-corrected chi connectivity index (χ1v) is 11.7. The second kappa shape index (κ2) is 10.9.